The SMILES string of the molecule is OC(CNCCOc1ccccc1)COCc1cccs1. The summed E-state index contributed by atoms with van der Waals surface area (Å²) in [6.07, 6.45) is -0.498. The van der Waals surface area contributed by atoms with Crippen molar-refractivity contribution in [1.82, 2.24) is 5.32 Å². The molecule has 2 rings (SSSR count). The highest BCUT2D eigenvalue weighted by Gasteiger charge is 2.04. The molecule has 2 N–H and O–H groups in total. The van der Waals surface area contributed by atoms with Gasteiger partial charge in [-0.3, -0.25) is 0 Å². The molecule has 1 heterocycles. The Balaban J connectivity index is 1.46. The molecule has 1 atom stereocenters. The first-order chi connectivity index (χ1) is 10.3. The molecule has 2 aromatic rings. The number of benzene rings is 1. The lowest BCUT2D eigenvalue weighted by Gasteiger charge is -2.12. The van der Waals surface area contributed by atoms with Gasteiger partial charge in [-0.1, -0.05) is 24.3 Å². The van der Waals surface area contributed by atoms with E-state index in [1.54, 1.807) is 11.3 Å². The Bertz CT molecular complexity index is 476. The number of nitrogens with one attached hydrogen (secondary N) is 1. The first kappa shape index (κ1) is 16.0. The van der Waals surface area contributed by atoms with E-state index in [1.807, 2.05) is 47.8 Å². The van der Waals surface area contributed by atoms with Crippen molar-refractivity contribution in [2.24, 2.45) is 0 Å². The van der Waals surface area contributed by atoms with Crippen LogP contribution in [0.25, 0.3) is 0 Å². The minimum atomic E-state index is -0.498. The van der Waals surface area contributed by atoms with E-state index in [2.05, 4.69) is 5.32 Å². The van der Waals surface area contributed by atoms with E-state index in [-0.39, 0.29) is 0 Å². The van der Waals surface area contributed by atoms with Crippen molar-refractivity contribution >= 4 is 11.3 Å². The van der Waals surface area contributed by atoms with Gasteiger partial charge in [-0.15, -0.1) is 11.3 Å². The van der Waals surface area contributed by atoms with Gasteiger partial charge in [-0.2, -0.15) is 0 Å². The van der Waals surface area contributed by atoms with Gasteiger partial charge in [0, 0.05) is 18.0 Å². The van der Waals surface area contributed by atoms with Crippen LogP contribution < -0.4 is 10.1 Å². The van der Waals surface area contributed by atoms with Crippen molar-refractivity contribution in [3.05, 3.63) is 52.7 Å². The smallest absolute Gasteiger partial charge is 0.119 e. The zero-order valence-electron chi connectivity index (χ0n) is 11.9. The van der Waals surface area contributed by atoms with E-state index in [1.165, 1.54) is 4.88 Å². The second-order valence-corrected chi connectivity index (χ2v) is 5.65. The molecule has 0 aliphatic heterocycles. The van der Waals surface area contributed by atoms with Crippen molar-refractivity contribution in [1.29, 1.82) is 0 Å². The van der Waals surface area contributed by atoms with E-state index < -0.39 is 6.10 Å². The Labute approximate surface area is 129 Å². The normalized spacial score (nSPS) is 12.2. The van der Waals surface area contributed by atoms with E-state index >= 15 is 0 Å². The fraction of sp³-hybridized carbons (Fsp3) is 0.375. The Morgan fingerprint density at radius 1 is 1.14 bits per heavy atom. The van der Waals surface area contributed by atoms with Gasteiger partial charge in [0.05, 0.1) is 19.3 Å². The lowest BCUT2D eigenvalue weighted by molar-refractivity contribution is 0.0296. The van der Waals surface area contributed by atoms with Crippen LogP contribution >= 0.6 is 11.3 Å². The highest BCUT2D eigenvalue weighted by atomic mass is 32.1. The third kappa shape index (κ3) is 6.73. The van der Waals surface area contributed by atoms with Crippen LogP contribution in [-0.2, 0) is 11.3 Å². The number of thiophene rings is 1. The van der Waals surface area contributed by atoms with Crippen LogP contribution in [0.4, 0.5) is 0 Å². The molecule has 0 saturated carbocycles. The molecule has 4 nitrogen and oxygen atoms in total. The monoisotopic (exact) mass is 307 g/mol. The summed E-state index contributed by atoms with van der Waals surface area (Å²) >= 11 is 1.66. The van der Waals surface area contributed by atoms with Gasteiger partial charge in [0.1, 0.15) is 12.4 Å². The van der Waals surface area contributed by atoms with E-state index in [0.717, 1.165) is 5.75 Å². The summed E-state index contributed by atoms with van der Waals surface area (Å²) in [5, 5.41) is 14.9. The molecule has 0 saturated heterocycles. The maximum atomic E-state index is 9.77. The number of aliphatic hydroxyl groups is 1. The van der Waals surface area contributed by atoms with Gasteiger partial charge in [-0.05, 0) is 23.6 Å². The molecule has 1 aromatic carbocycles. The zero-order chi connectivity index (χ0) is 14.8. The van der Waals surface area contributed by atoms with Gasteiger partial charge in [0.15, 0.2) is 0 Å². The molecule has 0 bridgehead atoms. The highest BCUT2D eigenvalue weighted by molar-refractivity contribution is 7.09. The van der Waals surface area contributed by atoms with Crippen LogP contribution in [0.3, 0.4) is 0 Å². The third-order valence-corrected chi connectivity index (χ3v) is 3.66. The van der Waals surface area contributed by atoms with Crippen LogP contribution in [0.15, 0.2) is 47.8 Å². The molecular weight excluding hydrogens is 286 g/mol. The number of para-hydroxylation sites is 1. The summed E-state index contributed by atoms with van der Waals surface area (Å²) in [4.78, 5) is 1.17. The van der Waals surface area contributed by atoms with Gasteiger partial charge in [-0.25, -0.2) is 0 Å². The molecule has 21 heavy (non-hydrogen) atoms. The minimum absolute atomic E-state index is 0.338. The van der Waals surface area contributed by atoms with Gasteiger partial charge in [0.25, 0.3) is 0 Å². The van der Waals surface area contributed by atoms with E-state index in [9.17, 15) is 5.11 Å². The quantitative estimate of drug-likeness (QED) is 0.661. The minimum Gasteiger partial charge on any atom is -0.492 e. The first-order valence-electron chi connectivity index (χ1n) is 7.01. The summed E-state index contributed by atoms with van der Waals surface area (Å²) in [7, 11) is 0. The number of aliphatic hydroxyl groups excluding tert-OH is 1. The molecule has 0 radical (unpaired) electrons. The van der Waals surface area contributed by atoms with Crippen molar-refractivity contribution < 1.29 is 14.6 Å². The lowest BCUT2D eigenvalue weighted by atomic mass is 10.3. The molecule has 0 aliphatic carbocycles. The molecule has 0 aliphatic rings. The fourth-order valence-electron chi connectivity index (χ4n) is 1.78. The Hall–Kier alpha value is -1.40. The second-order valence-electron chi connectivity index (χ2n) is 4.61. The van der Waals surface area contributed by atoms with Crippen LogP contribution in [0.5, 0.6) is 5.75 Å². The average Bonchev–Trinajstić information content (AvgIpc) is 3.01. The number of hydrogen-bond acceptors (Lipinski definition) is 5. The summed E-state index contributed by atoms with van der Waals surface area (Å²) in [6.45, 7) is 2.67. The van der Waals surface area contributed by atoms with Crippen molar-refractivity contribution in [3.63, 3.8) is 0 Å². The van der Waals surface area contributed by atoms with Crippen molar-refractivity contribution in [2.75, 3.05) is 26.3 Å². The summed E-state index contributed by atoms with van der Waals surface area (Å²) in [5.74, 6) is 0.860. The summed E-state index contributed by atoms with van der Waals surface area (Å²) in [5.41, 5.74) is 0. The topological polar surface area (TPSA) is 50.7 Å². The second kappa shape index (κ2) is 9.52. The van der Waals surface area contributed by atoms with Crippen LogP contribution in [0.2, 0.25) is 0 Å². The van der Waals surface area contributed by atoms with Crippen LogP contribution in [0.1, 0.15) is 4.88 Å². The van der Waals surface area contributed by atoms with E-state index in [0.29, 0.717) is 32.9 Å². The molecule has 1 aromatic heterocycles. The molecule has 0 fully saturated rings. The van der Waals surface area contributed by atoms with Crippen molar-refractivity contribution in [2.45, 2.75) is 12.7 Å². The summed E-state index contributed by atoms with van der Waals surface area (Å²) in [6, 6.07) is 13.7. The first-order valence-corrected chi connectivity index (χ1v) is 7.89. The molecule has 1 unspecified atom stereocenters. The average molecular weight is 307 g/mol. The lowest BCUT2D eigenvalue weighted by Crippen LogP contribution is -2.32. The number of ether oxygens (including phenoxy) is 2. The zero-order valence-corrected chi connectivity index (χ0v) is 12.7. The maximum Gasteiger partial charge on any atom is 0.119 e. The third-order valence-electron chi connectivity index (χ3n) is 2.81. The van der Waals surface area contributed by atoms with E-state index in [4.69, 9.17) is 9.47 Å². The Morgan fingerprint density at radius 2 is 2.00 bits per heavy atom. The molecule has 5 heteroatoms. The van der Waals surface area contributed by atoms with Crippen LogP contribution in [-0.4, -0.2) is 37.5 Å². The van der Waals surface area contributed by atoms with Crippen LogP contribution in [0, 0.1) is 0 Å². The molecule has 0 spiro atoms. The molecule has 114 valence electrons. The Kier molecular flexibility index (Phi) is 7.24. The van der Waals surface area contributed by atoms with Gasteiger partial charge < -0.3 is 19.9 Å². The number of hydrogen-bond donors (Lipinski definition) is 2. The standard InChI is InChI=1S/C16H21NO3S/c18-14(12-19-13-16-7-4-10-21-16)11-17-8-9-20-15-5-2-1-3-6-15/h1-7,10,14,17-18H,8-9,11-13H2. The Morgan fingerprint density at radius 3 is 2.76 bits per heavy atom. The van der Waals surface area contributed by atoms with Gasteiger partial charge >= 0.3 is 0 Å². The maximum absolute atomic E-state index is 9.77. The predicted molar refractivity (Wildman–Crippen MR) is 84.8 cm³/mol. The highest BCUT2D eigenvalue weighted by Crippen LogP contribution is 2.09. The summed E-state index contributed by atoms with van der Waals surface area (Å²) < 4.78 is 11.0. The fourth-order valence-corrected chi connectivity index (χ4v) is 2.42. The van der Waals surface area contributed by atoms with Gasteiger partial charge in [0.2, 0.25) is 0 Å². The number of rotatable bonds is 10. The molecule has 0 amide bonds. The predicted octanol–water partition coefficient (Wildman–Crippen LogP) is 2.29. The van der Waals surface area contributed by atoms with Crippen molar-refractivity contribution in [3.8, 4) is 5.75 Å². The molecular formula is C16H21NO3S. The largest absolute Gasteiger partial charge is 0.492 e.